The normalized spacial score (nSPS) is 24.0. The molecular weight excluding hydrogens is 660 g/mol. The Kier molecular flexibility index (Phi) is 12.3. The van der Waals surface area contributed by atoms with Crippen LogP contribution in [-0.2, 0) is 29.2 Å². The molecule has 0 aromatic rings. The number of likely N-dealkylation sites (tertiary alicyclic amines) is 1. The zero-order valence-electron chi connectivity index (χ0n) is 32.4. The fourth-order valence-electron chi connectivity index (χ4n) is 7.27. The maximum Gasteiger partial charge on any atom is 0.315 e. The number of primary amides is 1. The molecule has 1 aliphatic heterocycles. The number of fused-ring (bicyclic) bond motifs is 1. The minimum Gasteiger partial charge on any atom is -0.363 e. The van der Waals surface area contributed by atoms with Crippen molar-refractivity contribution in [3.05, 3.63) is 0 Å². The van der Waals surface area contributed by atoms with E-state index in [1.165, 1.54) is 9.21 Å². The van der Waals surface area contributed by atoms with Crippen LogP contribution in [-0.4, -0.2) is 97.2 Å². The summed E-state index contributed by atoms with van der Waals surface area (Å²) >= 11 is 0. The summed E-state index contributed by atoms with van der Waals surface area (Å²) in [6.45, 7) is 22.1. The summed E-state index contributed by atoms with van der Waals surface area (Å²) in [4.78, 5) is 68.3. The van der Waals surface area contributed by atoms with Gasteiger partial charge in [-0.1, -0.05) is 95.4 Å². The van der Waals surface area contributed by atoms with E-state index in [1.54, 1.807) is 0 Å². The van der Waals surface area contributed by atoms with Gasteiger partial charge in [0.25, 0.3) is 5.91 Å². The number of sulfonamides is 1. The molecule has 2 saturated carbocycles. The van der Waals surface area contributed by atoms with Crippen molar-refractivity contribution in [3.8, 4) is 0 Å². The van der Waals surface area contributed by atoms with Gasteiger partial charge in [0.2, 0.25) is 27.6 Å². The molecule has 14 heteroatoms. The van der Waals surface area contributed by atoms with Gasteiger partial charge in [0, 0.05) is 25.7 Å². The van der Waals surface area contributed by atoms with Crippen LogP contribution in [0, 0.1) is 39.4 Å². The summed E-state index contributed by atoms with van der Waals surface area (Å²) in [7, 11) is -3.58. The summed E-state index contributed by atoms with van der Waals surface area (Å²) in [5.74, 6) is -2.78. The zero-order chi connectivity index (χ0) is 38.4. The Labute approximate surface area is 300 Å². The van der Waals surface area contributed by atoms with Gasteiger partial charge in [-0.05, 0) is 52.3 Å². The molecular formula is C36H64N6O7S. The van der Waals surface area contributed by atoms with Crippen LogP contribution in [0.5, 0.6) is 0 Å². The Bertz CT molecular complexity index is 1420. The quantitative estimate of drug-likeness (QED) is 0.198. The van der Waals surface area contributed by atoms with Crippen molar-refractivity contribution < 1.29 is 32.4 Å². The lowest BCUT2D eigenvalue weighted by molar-refractivity contribution is -0.145. The van der Waals surface area contributed by atoms with Gasteiger partial charge < -0.3 is 26.6 Å². The lowest BCUT2D eigenvalue weighted by Gasteiger charge is -2.39. The molecule has 5 amide bonds. The van der Waals surface area contributed by atoms with Crippen LogP contribution >= 0.6 is 0 Å². The number of rotatable bonds is 14. The molecule has 0 radical (unpaired) electrons. The van der Waals surface area contributed by atoms with Crippen molar-refractivity contribution >= 4 is 39.6 Å². The van der Waals surface area contributed by atoms with Crippen LogP contribution in [0.3, 0.4) is 0 Å². The fraction of sp³-hybridized carbons (Fsp3) is 0.861. The average molecular weight is 725 g/mol. The highest BCUT2D eigenvalue weighted by Gasteiger charge is 2.70. The molecule has 3 rings (SSSR count). The van der Waals surface area contributed by atoms with Crippen LogP contribution in [0.4, 0.5) is 4.79 Å². The van der Waals surface area contributed by atoms with E-state index in [2.05, 4.69) is 16.0 Å². The number of hydrogen-bond acceptors (Lipinski definition) is 7. The van der Waals surface area contributed by atoms with Crippen LogP contribution in [0.2, 0.25) is 0 Å². The van der Waals surface area contributed by atoms with E-state index in [9.17, 15) is 32.4 Å². The number of amides is 5. The molecule has 0 spiro atoms. The predicted molar refractivity (Wildman–Crippen MR) is 193 cm³/mol. The third-order valence-corrected chi connectivity index (χ3v) is 12.4. The zero-order valence-corrected chi connectivity index (χ0v) is 33.3. The highest BCUT2D eigenvalue weighted by atomic mass is 32.2. The Morgan fingerprint density at radius 1 is 0.920 bits per heavy atom. The highest BCUT2D eigenvalue weighted by Crippen LogP contribution is 2.65. The Balaban J connectivity index is 1.84. The van der Waals surface area contributed by atoms with Gasteiger partial charge in [-0.15, -0.1) is 0 Å². The topological polar surface area (TPSA) is 188 Å². The monoisotopic (exact) mass is 724 g/mol. The largest absolute Gasteiger partial charge is 0.363 e. The standard InChI is InChI=1S/C36H64N6O7S/c1-33(2,3)16-17-41(50(12,48)49)20-24(34(4,5)6)39-32(47)40-28(35(7,8)9)31(46)42-19-22-25(36(22,10)11)26(42)30(45)38-23(27(43)29(37)44)18-21-14-13-15-21/h21-26,28H,13-20H2,1-12H3,(H2,37,44)(H,38,45)(H2,39,40,47)/t22-,23?,24+,25-,26-,28+/m0/s1. The summed E-state index contributed by atoms with van der Waals surface area (Å²) in [6.07, 6.45) is 4.95. The first kappa shape index (κ1) is 41.7. The average Bonchev–Trinajstić information content (AvgIpc) is 3.23. The van der Waals surface area contributed by atoms with Gasteiger partial charge in [0.05, 0.1) is 12.3 Å². The summed E-state index contributed by atoms with van der Waals surface area (Å²) in [5.41, 5.74) is 3.73. The SMILES string of the molecule is CC(C)(C)CCN(C[C@@H](NC(=O)N[C@H](C(=O)N1C[C@H]2[C@@H]([C@H]1C(=O)NC(CC1CCC1)C(=O)C(N)=O)C2(C)C)C(C)(C)C)C(C)(C)C)S(C)(=O)=O. The fourth-order valence-corrected chi connectivity index (χ4v) is 8.12. The maximum absolute atomic E-state index is 14.4. The molecule has 1 heterocycles. The molecule has 5 N–H and O–H groups in total. The molecule has 3 fully saturated rings. The van der Waals surface area contributed by atoms with E-state index in [4.69, 9.17) is 5.73 Å². The van der Waals surface area contributed by atoms with E-state index in [0.29, 0.717) is 25.9 Å². The molecule has 6 atom stereocenters. The number of nitrogens with two attached hydrogens (primary N) is 1. The maximum atomic E-state index is 14.4. The number of piperidine rings is 1. The van der Waals surface area contributed by atoms with Crippen LogP contribution in [0.25, 0.3) is 0 Å². The summed E-state index contributed by atoms with van der Waals surface area (Å²) in [5, 5.41) is 8.63. The molecule has 3 aliphatic rings. The lowest BCUT2D eigenvalue weighted by Crippen LogP contribution is -2.63. The molecule has 1 saturated heterocycles. The second-order valence-corrected chi connectivity index (χ2v) is 21.0. The molecule has 13 nitrogen and oxygen atoms in total. The van der Waals surface area contributed by atoms with Gasteiger partial charge in [0.15, 0.2) is 0 Å². The van der Waals surface area contributed by atoms with Crippen molar-refractivity contribution in [1.82, 2.24) is 25.2 Å². The first-order chi connectivity index (χ1) is 22.6. The molecule has 286 valence electrons. The van der Waals surface area contributed by atoms with Gasteiger partial charge in [-0.25, -0.2) is 17.5 Å². The van der Waals surface area contributed by atoms with Crippen LogP contribution in [0.15, 0.2) is 0 Å². The van der Waals surface area contributed by atoms with Gasteiger partial charge >= 0.3 is 6.03 Å². The molecule has 50 heavy (non-hydrogen) atoms. The smallest absolute Gasteiger partial charge is 0.315 e. The van der Waals surface area contributed by atoms with Gasteiger partial charge in [-0.2, -0.15) is 0 Å². The van der Waals surface area contributed by atoms with Crippen molar-refractivity contribution in [3.63, 3.8) is 0 Å². The van der Waals surface area contributed by atoms with Gasteiger partial charge in [-0.3, -0.25) is 19.2 Å². The molecule has 0 aromatic carbocycles. The number of urea groups is 1. The first-order valence-corrected chi connectivity index (χ1v) is 19.9. The second-order valence-electron chi connectivity index (χ2n) is 19.0. The van der Waals surface area contributed by atoms with Crippen molar-refractivity contribution in [2.24, 2.45) is 45.1 Å². The van der Waals surface area contributed by atoms with E-state index < -0.39 is 74.6 Å². The summed E-state index contributed by atoms with van der Waals surface area (Å²) in [6, 6.07) is -4.21. The molecule has 0 aromatic heterocycles. The minimum atomic E-state index is -3.58. The van der Waals surface area contributed by atoms with Crippen molar-refractivity contribution in [2.45, 2.75) is 132 Å². The van der Waals surface area contributed by atoms with E-state index >= 15 is 0 Å². The summed E-state index contributed by atoms with van der Waals surface area (Å²) < 4.78 is 27.0. The lowest BCUT2D eigenvalue weighted by atomic mass is 9.80. The van der Waals surface area contributed by atoms with Gasteiger partial charge in [0.1, 0.15) is 12.1 Å². The van der Waals surface area contributed by atoms with Crippen molar-refractivity contribution in [2.75, 3.05) is 25.9 Å². The third kappa shape index (κ3) is 10.2. The number of nitrogens with zero attached hydrogens (tertiary/aromatic N) is 2. The molecule has 1 unspecified atom stereocenters. The van der Waals surface area contributed by atoms with Crippen LogP contribution in [0.1, 0.15) is 108 Å². The van der Waals surface area contributed by atoms with Crippen LogP contribution < -0.4 is 21.7 Å². The number of carbonyl (C=O) groups excluding carboxylic acids is 5. The number of Topliss-reactive ketones (excluding diaryl/α,β-unsaturated/α-hetero) is 1. The Morgan fingerprint density at radius 2 is 1.50 bits per heavy atom. The second kappa shape index (κ2) is 14.7. The van der Waals surface area contributed by atoms with E-state index in [-0.39, 0.29) is 35.1 Å². The third-order valence-electron chi connectivity index (χ3n) is 11.1. The highest BCUT2D eigenvalue weighted by molar-refractivity contribution is 7.88. The van der Waals surface area contributed by atoms with E-state index in [1.807, 2.05) is 76.2 Å². The minimum absolute atomic E-state index is 0.0499. The number of carbonyl (C=O) groups is 5. The predicted octanol–water partition coefficient (Wildman–Crippen LogP) is 3.03. The van der Waals surface area contributed by atoms with E-state index in [0.717, 1.165) is 25.5 Å². The Morgan fingerprint density at radius 3 is 1.94 bits per heavy atom. The Hall–Kier alpha value is -2.74. The number of nitrogens with one attached hydrogen (secondary N) is 3. The molecule has 2 aliphatic carbocycles. The van der Waals surface area contributed by atoms with Crippen molar-refractivity contribution in [1.29, 1.82) is 0 Å². The number of ketones is 1. The number of hydrogen-bond donors (Lipinski definition) is 4. The first-order valence-electron chi connectivity index (χ1n) is 18.0. The molecule has 0 bridgehead atoms.